The fourth-order valence-corrected chi connectivity index (χ4v) is 1.51. The van der Waals surface area contributed by atoms with E-state index in [2.05, 4.69) is 37.2 Å². The summed E-state index contributed by atoms with van der Waals surface area (Å²) in [5.74, 6) is 4.21. The van der Waals surface area contributed by atoms with Gasteiger partial charge in [0, 0.05) is 17.7 Å². The molecule has 0 aliphatic heterocycles. The number of rotatable bonds is 8. The van der Waals surface area contributed by atoms with Crippen molar-refractivity contribution < 1.29 is 9.63 Å². The molecule has 0 aromatic rings. The Balaban J connectivity index is 0. The topological polar surface area (TPSA) is 64.3 Å². The summed E-state index contributed by atoms with van der Waals surface area (Å²) in [5, 5.41) is 3.36. The van der Waals surface area contributed by atoms with Gasteiger partial charge in [0.1, 0.15) is 0 Å². The molecule has 0 saturated heterocycles. The van der Waals surface area contributed by atoms with E-state index in [4.69, 9.17) is 5.90 Å². The molecule has 0 rings (SSSR count). The largest absolute Gasteiger partial charge is 0.370 e. The van der Waals surface area contributed by atoms with E-state index in [1.165, 1.54) is 0 Å². The van der Waals surface area contributed by atoms with E-state index < -0.39 is 5.97 Å². The Bertz CT molecular complexity index is 263. The van der Waals surface area contributed by atoms with Crippen LogP contribution in [0.5, 0.6) is 0 Å². The molecule has 0 radical (unpaired) electrons. The predicted molar refractivity (Wildman–Crippen MR) is 72.8 cm³/mol. The standard InChI is InChI=1S/C12H22N2O2.ClH/c1-5-12(6-2,7-3)14-9-8-10(4)11(15)16-13;/h5,14H,1,4,6-9,13H2,2-3H3;1H. The summed E-state index contributed by atoms with van der Waals surface area (Å²) < 4.78 is 0. The third-order valence-corrected chi connectivity index (χ3v) is 2.95. The van der Waals surface area contributed by atoms with Crippen molar-refractivity contribution in [1.29, 1.82) is 0 Å². The zero-order valence-electron chi connectivity index (χ0n) is 10.6. The summed E-state index contributed by atoms with van der Waals surface area (Å²) in [6.45, 7) is 12.3. The highest BCUT2D eigenvalue weighted by molar-refractivity contribution is 5.87. The lowest BCUT2D eigenvalue weighted by atomic mass is 9.93. The van der Waals surface area contributed by atoms with Crippen LogP contribution >= 0.6 is 12.4 Å². The Kier molecular flexibility index (Phi) is 10.0. The molecule has 4 nitrogen and oxygen atoms in total. The molecule has 0 aliphatic rings. The van der Waals surface area contributed by atoms with E-state index in [1.54, 1.807) is 0 Å². The van der Waals surface area contributed by atoms with Crippen LogP contribution in [-0.2, 0) is 9.63 Å². The summed E-state index contributed by atoms with van der Waals surface area (Å²) in [6, 6.07) is 0. The summed E-state index contributed by atoms with van der Waals surface area (Å²) in [7, 11) is 0. The van der Waals surface area contributed by atoms with Crippen molar-refractivity contribution >= 4 is 18.4 Å². The van der Waals surface area contributed by atoms with Crippen molar-refractivity contribution in [2.75, 3.05) is 6.54 Å². The molecule has 0 spiro atoms. The molecule has 0 atom stereocenters. The van der Waals surface area contributed by atoms with E-state index in [1.807, 2.05) is 6.08 Å². The van der Waals surface area contributed by atoms with Gasteiger partial charge in [0.05, 0.1) is 0 Å². The highest BCUT2D eigenvalue weighted by Gasteiger charge is 2.20. The molecule has 0 bridgehead atoms. The second kappa shape index (κ2) is 9.22. The van der Waals surface area contributed by atoms with Crippen molar-refractivity contribution in [3.05, 3.63) is 24.8 Å². The van der Waals surface area contributed by atoms with Crippen LogP contribution in [0.3, 0.4) is 0 Å². The third-order valence-electron chi connectivity index (χ3n) is 2.95. The van der Waals surface area contributed by atoms with Crippen LogP contribution < -0.4 is 11.2 Å². The van der Waals surface area contributed by atoms with Crippen molar-refractivity contribution in [3.8, 4) is 0 Å². The Morgan fingerprint density at radius 1 is 1.47 bits per heavy atom. The lowest BCUT2D eigenvalue weighted by molar-refractivity contribution is -0.139. The average Bonchev–Trinajstić information content (AvgIpc) is 2.34. The summed E-state index contributed by atoms with van der Waals surface area (Å²) in [5.41, 5.74) is 0.313. The fourth-order valence-electron chi connectivity index (χ4n) is 1.51. The molecule has 0 saturated carbocycles. The number of hydrogen-bond donors (Lipinski definition) is 2. The maximum atomic E-state index is 11.0. The van der Waals surface area contributed by atoms with Gasteiger partial charge in [-0.2, -0.15) is 5.90 Å². The first-order valence-corrected chi connectivity index (χ1v) is 5.52. The fraction of sp³-hybridized carbons (Fsp3) is 0.583. The number of carbonyl (C=O) groups excluding carboxylic acids is 1. The van der Waals surface area contributed by atoms with Gasteiger partial charge in [-0.15, -0.1) is 19.0 Å². The first-order valence-electron chi connectivity index (χ1n) is 5.52. The van der Waals surface area contributed by atoms with E-state index in [0.29, 0.717) is 18.5 Å². The van der Waals surface area contributed by atoms with E-state index in [-0.39, 0.29) is 17.9 Å². The number of halogens is 1. The minimum atomic E-state index is -0.556. The molecule has 17 heavy (non-hydrogen) atoms. The minimum absolute atomic E-state index is 0. The van der Waals surface area contributed by atoms with E-state index in [9.17, 15) is 4.79 Å². The van der Waals surface area contributed by atoms with Crippen LogP contribution in [0, 0.1) is 0 Å². The monoisotopic (exact) mass is 262 g/mol. The average molecular weight is 263 g/mol. The molecule has 100 valence electrons. The van der Waals surface area contributed by atoms with E-state index >= 15 is 0 Å². The normalized spacial score (nSPS) is 10.3. The molecule has 0 unspecified atom stereocenters. The number of hydrogen-bond acceptors (Lipinski definition) is 4. The molecule has 0 aliphatic carbocycles. The number of nitrogens with one attached hydrogen (secondary N) is 1. The van der Waals surface area contributed by atoms with Crippen molar-refractivity contribution in [2.45, 2.75) is 38.6 Å². The molecular weight excluding hydrogens is 240 g/mol. The molecule has 0 fully saturated rings. The van der Waals surface area contributed by atoms with Gasteiger partial charge in [-0.05, 0) is 19.3 Å². The molecule has 0 heterocycles. The van der Waals surface area contributed by atoms with Crippen molar-refractivity contribution in [1.82, 2.24) is 5.32 Å². The summed E-state index contributed by atoms with van der Waals surface area (Å²) in [6.07, 6.45) is 4.35. The van der Waals surface area contributed by atoms with Crippen LogP contribution in [-0.4, -0.2) is 18.1 Å². The maximum absolute atomic E-state index is 11.0. The maximum Gasteiger partial charge on any atom is 0.351 e. The lowest BCUT2D eigenvalue weighted by Gasteiger charge is -2.29. The zero-order valence-corrected chi connectivity index (χ0v) is 11.4. The smallest absolute Gasteiger partial charge is 0.351 e. The van der Waals surface area contributed by atoms with Gasteiger partial charge in [-0.25, -0.2) is 4.79 Å². The third kappa shape index (κ3) is 5.86. The molecule has 0 amide bonds. The van der Waals surface area contributed by atoms with Crippen LogP contribution in [0.25, 0.3) is 0 Å². The van der Waals surface area contributed by atoms with Gasteiger partial charge in [0.15, 0.2) is 0 Å². The lowest BCUT2D eigenvalue weighted by Crippen LogP contribution is -2.42. The van der Waals surface area contributed by atoms with Gasteiger partial charge in [0.2, 0.25) is 0 Å². The Labute approximate surface area is 110 Å². The highest BCUT2D eigenvalue weighted by Crippen LogP contribution is 2.16. The Morgan fingerprint density at radius 2 is 2.00 bits per heavy atom. The quantitative estimate of drug-likeness (QED) is 0.400. The Morgan fingerprint density at radius 3 is 2.35 bits per heavy atom. The number of nitrogens with two attached hydrogens (primary N) is 1. The molecular formula is C12H23ClN2O2. The van der Waals surface area contributed by atoms with Gasteiger partial charge >= 0.3 is 5.97 Å². The first kappa shape index (κ1) is 18.5. The second-order valence-corrected chi connectivity index (χ2v) is 3.75. The SMILES string of the molecule is C=CC(CC)(CC)NCCC(=C)C(=O)ON.Cl. The number of carbonyl (C=O) groups is 1. The van der Waals surface area contributed by atoms with Crippen LogP contribution in [0.2, 0.25) is 0 Å². The first-order chi connectivity index (χ1) is 7.55. The molecule has 0 aromatic heterocycles. The van der Waals surface area contributed by atoms with E-state index in [0.717, 1.165) is 12.8 Å². The second-order valence-electron chi connectivity index (χ2n) is 3.75. The minimum Gasteiger partial charge on any atom is -0.370 e. The zero-order chi connectivity index (χ0) is 12.6. The molecule has 3 N–H and O–H groups in total. The Hall–Kier alpha value is -0.840. The highest BCUT2D eigenvalue weighted by atomic mass is 35.5. The molecule has 5 heteroatoms. The van der Waals surface area contributed by atoms with Crippen LogP contribution in [0.1, 0.15) is 33.1 Å². The van der Waals surface area contributed by atoms with Gasteiger partial charge in [-0.3, -0.25) is 0 Å². The van der Waals surface area contributed by atoms with Crippen molar-refractivity contribution in [3.63, 3.8) is 0 Å². The van der Waals surface area contributed by atoms with Crippen molar-refractivity contribution in [2.24, 2.45) is 5.90 Å². The summed E-state index contributed by atoms with van der Waals surface area (Å²) in [4.78, 5) is 15.1. The van der Waals surface area contributed by atoms with Crippen LogP contribution in [0.15, 0.2) is 24.8 Å². The van der Waals surface area contributed by atoms with Crippen LogP contribution in [0.4, 0.5) is 0 Å². The molecule has 0 aromatic carbocycles. The summed E-state index contributed by atoms with van der Waals surface area (Å²) >= 11 is 0. The van der Waals surface area contributed by atoms with Gasteiger partial charge in [-0.1, -0.05) is 26.5 Å². The predicted octanol–water partition coefficient (Wildman–Crippen LogP) is 2.11. The van der Waals surface area contributed by atoms with Gasteiger partial charge < -0.3 is 10.2 Å². The van der Waals surface area contributed by atoms with Gasteiger partial charge in [0.25, 0.3) is 0 Å².